The van der Waals surface area contributed by atoms with Crippen LogP contribution in [0.4, 0.5) is 0 Å². The van der Waals surface area contributed by atoms with E-state index in [1.807, 2.05) is 18.2 Å². The van der Waals surface area contributed by atoms with E-state index in [1.54, 1.807) is 6.08 Å². The highest BCUT2D eigenvalue weighted by molar-refractivity contribution is 5.65. The van der Waals surface area contributed by atoms with Crippen molar-refractivity contribution in [1.82, 2.24) is 0 Å². The molecule has 1 heteroatoms. The summed E-state index contributed by atoms with van der Waals surface area (Å²) in [5.74, 6) is 0. The molecule has 0 rings (SSSR count). The number of hydrogen-bond acceptors (Lipinski definition) is 1. The second-order valence-corrected chi connectivity index (χ2v) is 4.24. The van der Waals surface area contributed by atoms with Crippen molar-refractivity contribution < 1.29 is 4.79 Å². The smallest absolute Gasteiger partial charge is 0.142 e. The molecule has 0 amide bonds. The van der Waals surface area contributed by atoms with Crippen molar-refractivity contribution in [2.24, 2.45) is 0 Å². The minimum absolute atomic E-state index is 0.784. The van der Waals surface area contributed by atoms with Crippen molar-refractivity contribution >= 4 is 6.29 Å². The molecule has 0 fully saturated rings. The predicted molar refractivity (Wildman–Crippen MR) is 76.1 cm³/mol. The maximum Gasteiger partial charge on any atom is 0.142 e. The SMILES string of the molecule is CCCCCCCCC/C=C/C=C/C=C/C=O. The number of carbonyl (C=O) groups is 1. The van der Waals surface area contributed by atoms with Crippen LogP contribution in [0.5, 0.6) is 0 Å². The third kappa shape index (κ3) is 14.9. The van der Waals surface area contributed by atoms with Gasteiger partial charge in [-0.25, -0.2) is 0 Å². The van der Waals surface area contributed by atoms with E-state index < -0.39 is 0 Å². The van der Waals surface area contributed by atoms with Crippen molar-refractivity contribution in [1.29, 1.82) is 0 Å². The first-order chi connectivity index (χ1) is 8.41. The average Bonchev–Trinajstić information content (AvgIpc) is 2.35. The Morgan fingerprint density at radius 1 is 0.706 bits per heavy atom. The van der Waals surface area contributed by atoms with Gasteiger partial charge >= 0.3 is 0 Å². The van der Waals surface area contributed by atoms with Gasteiger partial charge in [-0.3, -0.25) is 4.79 Å². The molecular weight excluding hydrogens is 208 g/mol. The quantitative estimate of drug-likeness (QED) is 0.213. The molecule has 0 atom stereocenters. The first kappa shape index (κ1) is 15.9. The van der Waals surface area contributed by atoms with Crippen LogP contribution in [0.1, 0.15) is 58.3 Å². The zero-order chi connectivity index (χ0) is 12.6. The van der Waals surface area contributed by atoms with Gasteiger partial charge in [-0.05, 0) is 18.9 Å². The minimum atomic E-state index is 0.784. The van der Waals surface area contributed by atoms with Gasteiger partial charge in [-0.15, -0.1) is 0 Å². The summed E-state index contributed by atoms with van der Waals surface area (Å²) in [7, 11) is 0. The fourth-order valence-corrected chi connectivity index (χ4v) is 1.63. The molecule has 0 heterocycles. The molecule has 96 valence electrons. The average molecular weight is 234 g/mol. The highest BCUT2D eigenvalue weighted by Crippen LogP contribution is 2.08. The van der Waals surface area contributed by atoms with E-state index in [4.69, 9.17) is 0 Å². The molecule has 0 aromatic carbocycles. The van der Waals surface area contributed by atoms with Gasteiger partial charge in [0, 0.05) is 0 Å². The Balaban J connectivity index is 3.21. The third-order valence-electron chi connectivity index (χ3n) is 2.63. The van der Waals surface area contributed by atoms with Crippen LogP contribution >= 0.6 is 0 Å². The van der Waals surface area contributed by atoms with Gasteiger partial charge < -0.3 is 0 Å². The Morgan fingerprint density at radius 2 is 1.29 bits per heavy atom. The molecule has 0 aliphatic carbocycles. The zero-order valence-electron chi connectivity index (χ0n) is 11.1. The Hall–Kier alpha value is -1.11. The van der Waals surface area contributed by atoms with Gasteiger partial charge in [0.25, 0.3) is 0 Å². The lowest BCUT2D eigenvalue weighted by Crippen LogP contribution is -1.78. The van der Waals surface area contributed by atoms with Crippen LogP contribution in [-0.2, 0) is 4.79 Å². The fraction of sp³-hybridized carbons (Fsp3) is 0.562. The van der Waals surface area contributed by atoms with E-state index in [0.29, 0.717) is 0 Å². The van der Waals surface area contributed by atoms with E-state index >= 15 is 0 Å². The fourth-order valence-electron chi connectivity index (χ4n) is 1.63. The van der Waals surface area contributed by atoms with Gasteiger partial charge in [-0.2, -0.15) is 0 Å². The summed E-state index contributed by atoms with van der Waals surface area (Å²) in [5.41, 5.74) is 0. The summed E-state index contributed by atoms with van der Waals surface area (Å²) in [6.07, 6.45) is 22.8. The monoisotopic (exact) mass is 234 g/mol. The Kier molecular flexibility index (Phi) is 13.9. The summed E-state index contributed by atoms with van der Waals surface area (Å²) in [4.78, 5) is 9.97. The second kappa shape index (κ2) is 14.9. The summed E-state index contributed by atoms with van der Waals surface area (Å²) in [5, 5.41) is 0. The van der Waals surface area contributed by atoms with E-state index in [2.05, 4.69) is 13.0 Å². The highest BCUT2D eigenvalue weighted by Gasteiger charge is 1.88. The molecule has 0 N–H and O–H groups in total. The van der Waals surface area contributed by atoms with Gasteiger partial charge in [0.15, 0.2) is 0 Å². The van der Waals surface area contributed by atoms with E-state index in [1.165, 1.54) is 51.0 Å². The van der Waals surface area contributed by atoms with Crippen LogP contribution in [0.3, 0.4) is 0 Å². The molecule has 0 unspecified atom stereocenters. The van der Waals surface area contributed by atoms with Crippen LogP contribution in [-0.4, -0.2) is 6.29 Å². The number of unbranched alkanes of at least 4 members (excludes halogenated alkanes) is 7. The first-order valence-electron chi connectivity index (χ1n) is 6.85. The number of rotatable bonds is 11. The van der Waals surface area contributed by atoms with Crippen LogP contribution in [0.25, 0.3) is 0 Å². The molecule has 0 aliphatic rings. The Bertz CT molecular complexity index is 236. The van der Waals surface area contributed by atoms with Gasteiger partial charge in [0.1, 0.15) is 6.29 Å². The van der Waals surface area contributed by atoms with Crippen molar-refractivity contribution in [3.8, 4) is 0 Å². The molecule has 0 aromatic rings. The molecule has 0 saturated carbocycles. The van der Waals surface area contributed by atoms with Crippen molar-refractivity contribution in [3.63, 3.8) is 0 Å². The number of carbonyl (C=O) groups excluding carboxylic acids is 1. The van der Waals surface area contributed by atoms with Crippen molar-refractivity contribution in [3.05, 3.63) is 36.5 Å². The summed E-state index contributed by atoms with van der Waals surface area (Å²) in [6, 6.07) is 0. The van der Waals surface area contributed by atoms with Gasteiger partial charge in [-0.1, -0.05) is 75.8 Å². The van der Waals surface area contributed by atoms with E-state index in [9.17, 15) is 4.79 Å². The highest BCUT2D eigenvalue weighted by atomic mass is 16.1. The maximum atomic E-state index is 9.97. The zero-order valence-corrected chi connectivity index (χ0v) is 11.1. The number of hydrogen-bond donors (Lipinski definition) is 0. The van der Waals surface area contributed by atoms with Crippen molar-refractivity contribution in [2.45, 2.75) is 58.3 Å². The third-order valence-corrected chi connectivity index (χ3v) is 2.63. The maximum absolute atomic E-state index is 9.97. The largest absolute Gasteiger partial charge is 0.299 e. The Morgan fingerprint density at radius 3 is 2.00 bits per heavy atom. The normalized spacial score (nSPS) is 12.1. The second-order valence-electron chi connectivity index (χ2n) is 4.24. The molecule has 0 spiro atoms. The molecule has 0 aliphatic heterocycles. The molecule has 0 aromatic heterocycles. The molecule has 17 heavy (non-hydrogen) atoms. The van der Waals surface area contributed by atoms with E-state index in [-0.39, 0.29) is 0 Å². The topological polar surface area (TPSA) is 17.1 Å². The number of allylic oxidation sites excluding steroid dienone is 6. The lowest BCUT2D eigenvalue weighted by molar-refractivity contribution is -0.104. The van der Waals surface area contributed by atoms with Crippen LogP contribution in [0, 0.1) is 0 Å². The minimum Gasteiger partial charge on any atom is -0.299 e. The lowest BCUT2D eigenvalue weighted by atomic mass is 10.1. The number of aldehydes is 1. The standard InChI is InChI=1S/C16H26O/c1-2-3-4-5-6-7-8-9-10-11-12-13-14-15-16-17/h10-16H,2-9H2,1H3/b11-10+,13-12+,15-14+. The molecule has 0 bridgehead atoms. The summed E-state index contributed by atoms with van der Waals surface area (Å²) < 4.78 is 0. The summed E-state index contributed by atoms with van der Waals surface area (Å²) in [6.45, 7) is 2.25. The molecule has 0 saturated heterocycles. The predicted octanol–water partition coefficient (Wildman–Crippen LogP) is 4.99. The van der Waals surface area contributed by atoms with Gasteiger partial charge in [0.05, 0.1) is 0 Å². The van der Waals surface area contributed by atoms with Crippen LogP contribution in [0.15, 0.2) is 36.5 Å². The Labute approximate surface area is 106 Å². The first-order valence-corrected chi connectivity index (χ1v) is 6.85. The molecular formula is C16H26O. The van der Waals surface area contributed by atoms with E-state index in [0.717, 1.165) is 12.7 Å². The van der Waals surface area contributed by atoms with Crippen molar-refractivity contribution in [2.75, 3.05) is 0 Å². The lowest BCUT2D eigenvalue weighted by Gasteiger charge is -1.98. The van der Waals surface area contributed by atoms with Gasteiger partial charge in [0.2, 0.25) is 0 Å². The van der Waals surface area contributed by atoms with Crippen LogP contribution in [0.2, 0.25) is 0 Å². The molecule has 1 nitrogen and oxygen atoms in total. The van der Waals surface area contributed by atoms with Crippen LogP contribution < -0.4 is 0 Å². The summed E-state index contributed by atoms with van der Waals surface area (Å²) >= 11 is 0. The molecule has 0 radical (unpaired) electrons.